The van der Waals surface area contributed by atoms with E-state index >= 15 is 0 Å². The maximum atomic E-state index is 12.8. The molecular weight excluding hydrogens is 432 g/mol. The topological polar surface area (TPSA) is 93.4 Å². The number of hydrogen-bond donors (Lipinski definition) is 1. The molecule has 176 valence electrons. The molecule has 1 aliphatic rings. The third-order valence-corrected chi connectivity index (χ3v) is 6.07. The van der Waals surface area contributed by atoms with Gasteiger partial charge in [0.2, 0.25) is 5.91 Å². The van der Waals surface area contributed by atoms with E-state index in [1.54, 1.807) is 30.3 Å². The van der Waals surface area contributed by atoms with Crippen molar-refractivity contribution in [2.45, 2.75) is 32.4 Å². The highest BCUT2D eigenvalue weighted by molar-refractivity contribution is 5.94. The lowest BCUT2D eigenvalue weighted by atomic mass is 10.1. The van der Waals surface area contributed by atoms with Gasteiger partial charge in [-0.3, -0.25) is 28.3 Å². The van der Waals surface area contributed by atoms with Gasteiger partial charge in [-0.15, -0.1) is 6.58 Å². The van der Waals surface area contributed by atoms with Crippen LogP contribution in [0.2, 0.25) is 0 Å². The van der Waals surface area contributed by atoms with Gasteiger partial charge in [0.1, 0.15) is 0 Å². The normalized spacial score (nSPS) is 13.4. The number of hydrogen-bond acceptors (Lipinski definition) is 4. The van der Waals surface area contributed by atoms with Crippen molar-refractivity contribution in [3.8, 4) is 0 Å². The number of carbonyl (C=O) groups is 2. The molecule has 0 radical (unpaired) electrons. The fourth-order valence-corrected chi connectivity index (χ4v) is 4.30. The molecule has 3 aromatic rings. The van der Waals surface area contributed by atoms with E-state index in [-0.39, 0.29) is 24.9 Å². The van der Waals surface area contributed by atoms with Crippen LogP contribution >= 0.6 is 0 Å². The quantitative estimate of drug-likeness (QED) is 0.301. The zero-order valence-electron chi connectivity index (χ0n) is 19.0. The van der Waals surface area contributed by atoms with Crippen LogP contribution in [-0.4, -0.2) is 45.5 Å². The van der Waals surface area contributed by atoms with Crippen LogP contribution in [0.5, 0.6) is 0 Å². The van der Waals surface area contributed by atoms with Crippen LogP contribution in [-0.2, 0) is 17.9 Å². The van der Waals surface area contributed by atoms with Gasteiger partial charge in [-0.1, -0.05) is 30.3 Å². The first-order valence-corrected chi connectivity index (χ1v) is 11.5. The Hall–Kier alpha value is -3.94. The Morgan fingerprint density at radius 3 is 2.29 bits per heavy atom. The standard InChI is InChI=1S/C26H28N4O4/c1-2-15-29-21-7-3-4-8-22(21)30(26(34)25(29)33)18-19-10-12-20(13-11-19)24(32)27-14-6-17-28-16-5-9-23(28)31/h2-4,7-8,10-13H,1,5-6,9,14-18H2,(H,27,32). The van der Waals surface area contributed by atoms with E-state index in [1.165, 1.54) is 9.13 Å². The smallest absolute Gasteiger partial charge is 0.317 e. The average Bonchev–Trinajstić information content (AvgIpc) is 3.27. The summed E-state index contributed by atoms with van der Waals surface area (Å²) < 4.78 is 2.89. The molecule has 2 heterocycles. The largest absolute Gasteiger partial charge is 0.352 e. The van der Waals surface area contributed by atoms with Crippen LogP contribution in [0, 0.1) is 0 Å². The molecule has 1 aromatic heterocycles. The molecular formula is C26H28N4O4. The highest BCUT2D eigenvalue weighted by Gasteiger charge is 2.19. The Labute approximate surface area is 197 Å². The maximum absolute atomic E-state index is 12.8. The summed E-state index contributed by atoms with van der Waals surface area (Å²) in [6.45, 7) is 6.10. The van der Waals surface area contributed by atoms with Crippen molar-refractivity contribution in [3.05, 3.63) is 93.0 Å². The van der Waals surface area contributed by atoms with Crippen molar-refractivity contribution < 1.29 is 9.59 Å². The molecule has 1 aliphatic heterocycles. The Morgan fingerprint density at radius 2 is 1.65 bits per heavy atom. The Balaban J connectivity index is 1.44. The lowest BCUT2D eigenvalue weighted by molar-refractivity contribution is -0.127. The summed E-state index contributed by atoms with van der Waals surface area (Å²) in [6, 6.07) is 14.3. The zero-order valence-corrected chi connectivity index (χ0v) is 19.0. The molecule has 1 fully saturated rings. The molecule has 0 bridgehead atoms. The van der Waals surface area contributed by atoms with E-state index in [0.717, 1.165) is 18.5 Å². The summed E-state index contributed by atoms with van der Waals surface area (Å²) in [6.07, 6.45) is 3.83. The fraction of sp³-hybridized carbons (Fsp3) is 0.308. The minimum absolute atomic E-state index is 0.186. The second kappa shape index (κ2) is 10.3. The first-order chi connectivity index (χ1) is 16.5. The van der Waals surface area contributed by atoms with E-state index in [0.29, 0.717) is 42.5 Å². The highest BCUT2D eigenvalue weighted by Crippen LogP contribution is 2.13. The number of amides is 2. The number of aromatic nitrogens is 2. The number of likely N-dealkylation sites (tertiary alicyclic amines) is 1. The summed E-state index contributed by atoms with van der Waals surface area (Å²) in [7, 11) is 0. The lowest BCUT2D eigenvalue weighted by Crippen LogP contribution is -2.41. The predicted octanol–water partition coefficient (Wildman–Crippen LogP) is 2.14. The number of allylic oxidation sites excluding steroid dienone is 1. The van der Waals surface area contributed by atoms with Crippen LogP contribution in [0.15, 0.2) is 70.8 Å². The summed E-state index contributed by atoms with van der Waals surface area (Å²) in [5, 5.41) is 2.88. The molecule has 0 atom stereocenters. The van der Waals surface area contributed by atoms with Gasteiger partial charge in [0.15, 0.2) is 0 Å². The molecule has 4 rings (SSSR count). The molecule has 8 nitrogen and oxygen atoms in total. The molecule has 34 heavy (non-hydrogen) atoms. The van der Waals surface area contributed by atoms with Crippen molar-refractivity contribution in [2.75, 3.05) is 19.6 Å². The highest BCUT2D eigenvalue weighted by atomic mass is 16.2. The number of carbonyl (C=O) groups excluding carboxylic acids is 2. The van der Waals surface area contributed by atoms with Crippen molar-refractivity contribution >= 4 is 22.8 Å². The van der Waals surface area contributed by atoms with Crippen LogP contribution in [0.25, 0.3) is 11.0 Å². The minimum Gasteiger partial charge on any atom is -0.352 e. The van der Waals surface area contributed by atoms with Gasteiger partial charge in [0.25, 0.3) is 5.91 Å². The molecule has 1 N–H and O–H groups in total. The van der Waals surface area contributed by atoms with E-state index in [4.69, 9.17) is 0 Å². The molecule has 0 saturated carbocycles. The van der Waals surface area contributed by atoms with Crippen LogP contribution in [0.3, 0.4) is 0 Å². The van der Waals surface area contributed by atoms with E-state index in [2.05, 4.69) is 11.9 Å². The molecule has 0 unspecified atom stereocenters. The Bertz CT molecular complexity index is 1340. The summed E-state index contributed by atoms with van der Waals surface area (Å²) in [5.41, 5.74) is 1.45. The maximum Gasteiger partial charge on any atom is 0.317 e. The molecule has 2 aromatic carbocycles. The van der Waals surface area contributed by atoms with Gasteiger partial charge in [-0.05, 0) is 42.7 Å². The van der Waals surface area contributed by atoms with E-state index in [1.807, 2.05) is 29.2 Å². The third kappa shape index (κ3) is 4.85. The van der Waals surface area contributed by atoms with Crippen LogP contribution < -0.4 is 16.4 Å². The van der Waals surface area contributed by atoms with Crippen LogP contribution in [0.4, 0.5) is 0 Å². The summed E-state index contributed by atoms with van der Waals surface area (Å²) in [5.74, 6) is 0.000719. The monoisotopic (exact) mass is 460 g/mol. The number of nitrogens with one attached hydrogen (secondary N) is 1. The second-order valence-electron chi connectivity index (χ2n) is 8.38. The van der Waals surface area contributed by atoms with Gasteiger partial charge >= 0.3 is 11.1 Å². The number of benzene rings is 2. The number of rotatable bonds is 9. The molecule has 0 spiro atoms. The van der Waals surface area contributed by atoms with E-state index < -0.39 is 11.1 Å². The third-order valence-electron chi connectivity index (χ3n) is 6.07. The van der Waals surface area contributed by atoms with Gasteiger partial charge in [0.05, 0.1) is 17.6 Å². The van der Waals surface area contributed by atoms with Crippen molar-refractivity contribution in [1.29, 1.82) is 0 Å². The number of para-hydroxylation sites is 2. The molecule has 1 saturated heterocycles. The zero-order chi connectivity index (χ0) is 24.1. The number of nitrogens with zero attached hydrogens (tertiary/aromatic N) is 3. The average molecular weight is 461 g/mol. The number of fused-ring (bicyclic) bond motifs is 1. The van der Waals surface area contributed by atoms with Crippen molar-refractivity contribution in [1.82, 2.24) is 19.4 Å². The Kier molecular flexibility index (Phi) is 7.06. The van der Waals surface area contributed by atoms with Crippen LogP contribution in [0.1, 0.15) is 35.2 Å². The summed E-state index contributed by atoms with van der Waals surface area (Å²) in [4.78, 5) is 51.4. The lowest BCUT2D eigenvalue weighted by Gasteiger charge is -2.15. The first-order valence-electron chi connectivity index (χ1n) is 11.5. The molecule has 0 aliphatic carbocycles. The van der Waals surface area contributed by atoms with Gasteiger partial charge in [-0.2, -0.15) is 0 Å². The summed E-state index contributed by atoms with van der Waals surface area (Å²) >= 11 is 0. The van der Waals surface area contributed by atoms with E-state index in [9.17, 15) is 19.2 Å². The predicted molar refractivity (Wildman–Crippen MR) is 131 cm³/mol. The van der Waals surface area contributed by atoms with Crippen molar-refractivity contribution in [2.24, 2.45) is 0 Å². The second-order valence-corrected chi connectivity index (χ2v) is 8.38. The first kappa shape index (κ1) is 23.2. The van der Waals surface area contributed by atoms with Crippen molar-refractivity contribution in [3.63, 3.8) is 0 Å². The Morgan fingerprint density at radius 1 is 0.971 bits per heavy atom. The van der Waals surface area contributed by atoms with Gasteiger partial charge in [0, 0.05) is 38.2 Å². The SMILES string of the molecule is C=CCn1c(=O)c(=O)n(Cc2ccc(C(=O)NCCCN3CCCC3=O)cc2)c2ccccc21. The molecule has 8 heteroatoms. The minimum atomic E-state index is -0.598. The van der Waals surface area contributed by atoms with Gasteiger partial charge in [-0.25, -0.2) is 0 Å². The fourth-order valence-electron chi connectivity index (χ4n) is 4.30. The van der Waals surface area contributed by atoms with Gasteiger partial charge < -0.3 is 10.2 Å². The molecule has 2 amide bonds.